The van der Waals surface area contributed by atoms with Gasteiger partial charge in [-0.05, 0) is 13.3 Å². The maximum atomic E-state index is 10.9. The van der Waals surface area contributed by atoms with Crippen molar-refractivity contribution in [3.63, 3.8) is 0 Å². The summed E-state index contributed by atoms with van der Waals surface area (Å²) >= 11 is 0. The monoisotopic (exact) mass is 206 g/mol. The van der Waals surface area contributed by atoms with Crippen LogP contribution in [0.5, 0.6) is 0 Å². The van der Waals surface area contributed by atoms with Gasteiger partial charge in [-0.2, -0.15) is 5.26 Å². The molecule has 0 aliphatic carbocycles. The molecule has 0 fully saturated rings. The maximum absolute atomic E-state index is 10.9. The van der Waals surface area contributed by atoms with Gasteiger partial charge in [-0.15, -0.1) is 0 Å². The van der Waals surface area contributed by atoms with Crippen LogP contribution in [0.2, 0.25) is 0 Å². The summed E-state index contributed by atoms with van der Waals surface area (Å²) in [5.41, 5.74) is -1.05. The average molecular weight is 206 g/mol. The Bertz CT molecular complexity index is 289. The van der Waals surface area contributed by atoms with Crippen LogP contribution in [-0.2, 0) is 10.0 Å². The molecule has 1 unspecified atom stereocenters. The van der Waals surface area contributed by atoms with Gasteiger partial charge >= 0.3 is 0 Å². The zero-order chi connectivity index (χ0) is 10.5. The van der Waals surface area contributed by atoms with E-state index >= 15 is 0 Å². The van der Waals surface area contributed by atoms with Crippen molar-refractivity contribution in [3.8, 4) is 6.07 Å². The number of aliphatic hydroxyl groups is 1. The van der Waals surface area contributed by atoms with E-state index < -0.39 is 21.4 Å². The van der Waals surface area contributed by atoms with Crippen LogP contribution in [0.15, 0.2) is 0 Å². The van der Waals surface area contributed by atoms with Crippen LogP contribution in [-0.4, -0.2) is 31.4 Å². The minimum atomic E-state index is -3.55. The van der Waals surface area contributed by atoms with Gasteiger partial charge in [0, 0.05) is 6.54 Å². The SMILES string of the molecule is CCC(C)(O)CNS(=O)(=O)CC#N. The molecule has 0 radical (unpaired) electrons. The Kier molecular flexibility index (Phi) is 4.33. The highest BCUT2D eigenvalue weighted by molar-refractivity contribution is 7.89. The van der Waals surface area contributed by atoms with Gasteiger partial charge in [-0.25, -0.2) is 13.1 Å². The van der Waals surface area contributed by atoms with E-state index in [1.165, 1.54) is 13.0 Å². The molecule has 0 rings (SSSR count). The fraction of sp³-hybridized carbons (Fsp3) is 0.857. The fourth-order valence-corrected chi connectivity index (χ4v) is 1.33. The second-order valence-electron chi connectivity index (χ2n) is 3.09. The lowest BCUT2D eigenvalue weighted by Gasteiger charge is -2.20. The summed E-state index contributed by atoms with van der Waals surface area (Å²) in [7, 11) is -3.55. The minimum absolute atomic E-state index is 0.0620. The molecule has 0 spiro atoms. The number of nitrogens with zero attached hydrogens (tertiary/aromatic N) is 1. The van der Waals surface area contributed by atoms with Gasteiger partial charge < -0.3 is 5.11 Å². The van der Waals surface area contributed by atoms with E-state index in [1.807, 2.05) is 0 Å². The van der Waals surface area contributed by atoms with Crippen LogP contribution >= 0.6 is 0 Å². The zero-order valence-electron chi connectivity index (χ0n) is 7.74. The molecule has 0 aliphatic heterocycles. The summed E-state index contributed by atoms with van der Waals surface area (Å²) in [5, 5.41) is 17.6. The lowest BCUT2D eigenvalue weighted by atomic mass is 10.1. The highest BCUT2D eigenvalue weighted by Crippen LogP contribution is 2.06. The van der Waals surface area contributed by atoms with E-state index in [0.29, 0.717) is 6.42 Å². The molecule has 0 heterocycles. The number of hydrogen-bond donors (Lipinski definition) is 2. The lowest BCUT2D eigenvalue weighted by Crippen LogP contribution is -2.40. The summed E-state index contributed by atoms with van der Waals surface area (Å²) in [6, 6.07) is 1.53. The highest BCUT2D eigenvalue weighted by Gasteiger charge is 2.20. The Balaban J connectivity index is 4.12. The van der Waals surface area contributed by atoms with Crippen LogP contribution in [0.3, 0.4) is 0 Å². The van der Waals surface area contributed by atoms with Crippen molar-refractivity contribution >= 4 is 10.0 Å². The first-order chi connectivity index (χ1) is 5.83. The Hall–Kier alpha value is -0.640. The first kappa shape index (κ1) is 12.4. The summed E-state index contributed by atoms with van der Waals surface area (Å²) in [5.74, 6) is -0.577. The van der Waals surface area contributed by atoms with Crippen molar-refractivity contribution in [3.05, 3.63) is 0 Å². The molecule has 0 amide bonds. The van der Waals surface area contributed by atoms with E-state index in [4.69, 9.17) is 5.26 Å². The predicted molar refractivity (Wildman–Crippen MR) is 48.3 cm³/mol. The average Bonchev–Trinajstić information content (AvgIpc) is 2.02. The van der Waals surface area contributed by atoms with Crippen molar-refractivity contribution in [2.45, 2.75) is 25.9 Å². The van der Waals surface area contributed by atoms with E-state index in [9.17, 15) is 13.5 Å². The molecule has 6 heteroatoms. The van der Waals surface area contributed by atoms with Crippen molar-refractivity contribution in [2.24, 2.45) is 0 Å². The van der Waals surface area contributed by atoms with Gasteiger partial charge in [0.1, 0.15) is 0 Å². The van der Waals surface area contributed by atoms with Gasteiger partial charge in [-0.3, -0.25) is 0 Å². The molecule has 2 N–H and O–H groups in total. The third-order valence-corrected chi connectivity index (χ3v) is 2.78. The van der Waals surface area contributed by atoms with Crippen molar-refractivity contribution in [2.75, 3.05) is 12.3 Å². The molecule has 5 nitrogen and oxygen atoms in total. The number of nitrogens with one attached hydrogen (secondary N) is 1. The van der Waals surface area contributed by atoms with Gasteiger partial charge in [0.2, 0.25) is 10.0 Å². The third kappa shape index (κ3) is 5.58. The molecule has 13 heavy (non-hydrogen) atoms. The van der Waals surface area contributed by atoms with Crippen LogP contribution in [0.25, 0.3) is 0 Å². The topological polar surface area (TPSA) is 90.2 Å². The van der Waals surface area contributed by atoms with E-state index in [1.54, 1.807) is 6.92 Å². The summed E-state index contributed by atoms with van der Waals surface area (Å²) in [6.07, 6.45) is 0.447. The second-order valence-corrected chi connectivity index (χ2v) is 4.90. The van der Waals surface area contributed by atoms with Gasteiger partial charge in [0.25, 0.3) is 0 Å². The molecule has 0 aromatic carbocycles. The molecule has 0 saturated carbocycles. The van der Waals surface area contributed by atoms with E-state index in [-0.39, 0.29) is 6.54 Å². The molecule has 0 saturated heterocycles. The van der Waals surface area contributed by atoms with E-state index in [2.05, 4.69) is 4.72 Å². The van der Waals surface area contributed by atoms with Gasteiger partial charge in [0.05, 0.1) is 11.7 Å². The Morgan fingerprint density at radius 1 is 1.62 bits per heavy atom. The zero-order valence-corrected chi connectivity index (χ0v) is 8.56. The van der Waals surface area contributed by atoms with Crippen molar-refractivity contribution in [1.29, 1.82) is 5.26 Å². The summed E-state index contributed by atoms with van der Waals surface area (Å²) in [6.45, 7) is 3.22. The molecule has 1 atom stereocenters. The largest absolute Gasteiger partial charge is 0.389 e. The Morgan fingerprint density at radius 2 is 2.15 bits per heavy atom. The molecule has 76 valence electrons. The molecule has 0 bridgehead atoms. The fourth-order valence-electron chi connectivity index (χ4n) is 0.526. The second kappa shape index (κ2) is 4.56. The molecule has 0 aromatic rings. The summed E-state index contributed by atoms with van der Waals surface area (Å²) in [4.78, 5) is 0. The van der Waals surface area contributed by atoms with Gasteiger partial charge in [0.15, 0.2) is 5.75 Å². The smallest absolute Gasteiger partial charge is 0.225 e. The number of hydrogen-bond acceptors (Lipinski definition) is 4. The van der Waals surface area contributed by atoms with Crippen LogP contribution < -0.4 is 4.72 Å². The first-order valence-corrected chi connectivity index (χ1v) is 5.55. The standard InChI is InChI=1S/C7H14N2O3S/c1-3-7(2,10)6-9-13(11,12)5-4-8/h9-10H,3,5-6H2,1-2H3. The predicted octanol–water partition coefficient (Wildman–Crippen LogP) is -0.410. The molecular formula is C7H14N2O3S. The highest BCUT2D eigenvalue weighted by atomic mass is 32.2. The molecule has 0 aromatic heterocycles. The minimum Gasteiger partial charge on any atom is -0.389 e. The number of rotatable bonds is 5. The van der Waals surface area contributed by atoms with Crippen molar-refractivity contribution < 1.29 is 13.5 Å². The maximum Gasteiger partial charge on any atom is 0.225 e. The first-order valence-electron chi connectivity index (χ1n) is 3.89. The number of sulfonamides is 1. The Labute approximate surface area is 78.4 Å². The molecule has 0 aliphatic rings. The quantitative estimate of drug-likeness (QED) is 0.640. The Morgan fingerprint density at radius 3 is 2.54 bits per heavy atom. The summed E-state index contributed by atoms with van der Waals surface area (Å²) < 4.78 is 24.0. The number of nitriles is 1. The van der Waals surface area contributed by atoms with Crippen LogP contribution in [0.1, 0.15) is 20.3 Å². The van der Waals surface area contributed by atoms with Crippen LogP contribution in [0.4, 0.5) is 0 Å². The third-order valence-electron chi connectivity index (χ3n) is 1.69. The van der Waals surface area contributed by atoms with E-state index in [0.717, 1.165) is 0 Å². The van der Waals surface area contributed by atoms with Crippen LogP contribution in [0, 0.1) is 11.3 Å². The van der Waals surface area contributed by atoms with Gasteiger partial charge in [-0.1, -0.05) is 6.92 Å². The lowest BCUT2D eigenvalue weighted by molar-refractivity contribution is 0.0614. The van der Waals surface area contributed by atoms with Crippen molar-refractivity contribution in [1.82, 2.24) is 4.72 Å². The molecular weight excluding hydrogens is 192 g/mol. The normalized spacial score (nSPS) is 16.2.